The summed E-state index contributed by atoms with van der Waals surface area (Å²) < 4.78 is 0. The molecule has 1 heterocycles. The Hall–Kier alpha value is -1.30. The number of aliphatic hydroxyl groups excluding tert-OH is 1. The first-order valence-corrected chi connectivity index (χ1v) is 6.05. The van der Waals surface area contributed by atoms with Crippen LogP contribution in [0.4, 0.5) is 0 Å². The zero-order chi connectivity index (χ0) is 12.1. The Bertz CT molecular complexity index is 405. The van der Waals surface area contributed by atoms with Crippen molar-refractivity contribution in [3.8, 4) is 11.8 Å². The van der Waals surface area contributed by atoms with Crippen LogP contribution in [0, 0.1) is 18.8 Å². The molecular formula is C15H18NO. The Morgan fingerprint density at radius 3 is 2.53 bits per heavy atom. The Labute approximate surface area is 103 Å². The maximum atomic E-state index is 9.39. The van der Waals surface area contributed by atoms with Crippen molar-refractivity contribution < 1.29 is 5.11 Å². The number of nitrogens with zero attached hydrogens (tertiary/aromatic N) is 1. The molecule has 2 rings (SSSR count). The van der Waals surface area contributed by atoms with Crippen LogP contribution in [0.2, 0.25) is 0 Å². The summed E-state index contributed by atoms with van der Waals surface area (Å²) in [4.78, 5) is 2.29. The Morgan fingerprint density at radius 1 is 1.24 bits per heavy atom. The standard InChI is InChI=1S/C15H18NO/c1-13-4-6-14(7-5-13)3-2-10-16-11-8-15(17)9-12-16/h4-7,15,17H,1,8-12H2. The number of piperidine rings is 1. The molecule has 1 radical (unpaired) electrons. The van der Waals surface area contributed by atoms with E-state index in [1.807, 2.05) is 24.3 Å². The fourth-order valence-corrected chi connectivity index (χ4v) is 1.92. The van der Waals surface area contributed by atoms with E-state index in [1.165, 1.54) is 0 Å². The fourth-order valence-electron chi connectivity index (χ4n) is 1.92. The zero-order valence-corrected chi connectivity index (χ0v) is 10.0. The van der Waals surface area contributed by atoms with Crippen molar-refractivity contribution >= 4 is 0 Å². The lowest BCUT2D eigenvalue weighted by Crippen LogP contribution is -2.35. The van der Waals surface area contributed by atoms with Crippen LogP contribution in [0.3, 0.4) is 0 Å². The van der Waals surface area contributed by atoms with Gasteiger partial charge in [-0.15, -0.1) is 0 Å². The molecule has 0 amide bonds. The molecule has 1 aliphatic rings. The van der Waals surface area contributed by atoms with Gasteiger partial charge in [-0.25, -0.2) is 0 Å². The van der Waals surface area contributed by atoms with Gasteiger partial charge < -0.3 is 5.11 Å². The SMILES string of the molecule is [CH2]c1ccc(C#CCN2CCC(O)CC2)cc1. The Balaban J connectivity index is 1.84. The molecule has 0 aliphatic carbocycles. The predicted molar refractivity (Wildman–Crippen MR) is 69.5 cm³/mol. The van der Waals surface area contributed by atoms with E-state index in [0.717, 1.165) is 43.6 Å². The summed E-state index contributed by atoms with van der Waals surface area (Å²) >= 11 is 0. The van der Waals surface area contributed by atoms with Gasteiger partial charge in [0.15, 0.2) is 0 Å². The largest absolute Gasteiger partial charge is 0.393 e. The zero-order valence-electron chi connectivity index (χ0n) is 10.0. The molecule has 1 aliphatic heterocycles. The monoisotopic (exact) mass is 228 g/mol. The molecule has 17 heavy (non-hydrogen) atoms. The number of hydrogen-bond acceptors (Lipinski definition) is 2. The van der Waals surface area contributed by atoms with E-state index >= 15 is 0 Å². The lowest BCUT2D eigenvalue weighted by atomic mass is 10.1. The minimum Gasteiger partial charge on any atom is -0.393 e. The molecule has 0 atom stereocenters. The first kappa shape index (κ1) is 12.2. The molecule has 0 bridgehead atoms. The van der Waals surface area contributed by atoms with E-state index in [1.54, 1.807) is 0 Å². The third kappa shape index (κ3) is 3.89. The van der Waals surface area contributed by atoms with E-state index in [9.17, 15) is 5.11 Å². The highest BCUT2D eigenvalue weighted by atomic mass is 16.3. The van der Waals surface area contributed by atoms with Crippen LogP contribution in [-0.2, 0) is 0 Å². The average molecular weight is 228 g/mol. The highest BCUT2D eigenvalue weighted by Gasteiger charge is 2.15. The molecule has 1 fully saturated rings. The second-order valence-electron chi connectivity index (χ2n) is 4.51. The van der Waals surface area contributed by atoms with Gasteiger partial charge in [0.2, 0.25) is 0 Å². The first-order valence-electron chi connectivity index (χ1n) is 6.05. The summed E-state index contributed by atoms with van der Waals surface area (Å²) in [5, 5.41) is 9.39. The van der Waals surface area contributed by atoms with E-state index in [2.05, 4.69) is 23.7 Å². The van der Waals surface area contributed by atoms with Gasteiger partial charge in [-0.05, 0) is 37.5 Å². The maximum Gasteiger partial charge on any atom is 0.0605 e. The summed E-state index contributed by atoms with van der Waals surface area (Å²) in [5.41, 5.74) is 2.05. The van der Waals surface area contributed by atoms with E-state index in [0.29, 0.717) is 0 Å². The number of rotatable bonds is 1. The molecule has 0 spiro atoms. The minimum absolute atomic E-state index is 0.108. The summed E-state index contributed by atoms with van der Waals surface area (Å²) in [5.74, 6) is 6.33. The molecular weight excluding hydrogens is 210 g/mol. The van der Waals surface area contributed by atoms with Gasteiger partial charge in [-0.1, -0.05) is 24.0 Å². The summed E-state index contributed by atoms with van der Waals surface area (Å²) in [7, 11) is 0. The third-order valence-corrected chi connectivity index (χ3v) is 3.05. The summed E-state index contributed by atoms with van der Waals surface area (Å²) in [6, 6.07) is 7.94. The Kier molecular flexibility index (Phi) is 4.19. The topological polar surface area (TPSA) is 23.5 Å². The molecule has 0 aromatic heterocycles. The molecule has 2 nitrogen and oxygen atoms in total. The van der Waals surface area contributed by atoms with Crippen molar-refractivity contribution in [1.29, 1.82) is 0 Å². The number of benzene rings is 1. The van der Waals surface area contributed by atoms with Gasteiger partial charge in [-0.2, -0.15) is 0 Å². The molecule has 1 saturated heterocycles. The van der Waals surface area contributed by atoms with E-state index < -0.39 is 0 Å². The van der Waals surface area contributed by atoms with Gasteiger partial charge >= 0.3 is 0 Å². The van der Waals surface area contributed by atoms with Crippen molar-refractivity contribution in [2.24, 2.45) is 0 Å². The van der Waals surface area contributed by atoms with Crippen LogP contribution in [0.5, 0.6) is 0 Å². The van der Waals surface area contributed by atoms with Crippen molar-refractivity contribution in [2.45, 2.75) is 18.9 Å². The predicted octanol–water partition coefficient (Wildman–Crippen LogP) is 1.68. The maximum absolute atomic E-state index is 9.39. The molecule has 1 aromatic rings. The van der Waals surface area contributed by atoms with Gasteiger partial charge in [-0.3, -0.25) is 4.90 Å². The highest BCUT2D eigenvalue weighted by Crippen LogP contribution is 2.08. The Morgan fingerprint density at radius 2 is 1.88 bits per heavy atom. The van der Waals surface area contributed by atoms with Crippen LogP contribution in [0.15, 0.2) is 24.3 Å². The van der Waals surface area contributed by atoms with Gasteiger partial charge in [0.05, 0.1) is 12.6 Å². The molecule has 1 N–H and O–H groups in total. The smallest absolute Gasteiger partial charge is 0.0605 e. The fraction of sp³-hybridized carbons (Fsp3) is 0.400. The summed E-state index contributed by atoms with van der Waals surface area (Å²) in [6.45, 7) is 6.54. The van der Waals surface area contributed by atoms with Crippen molar-refractivity contribution in [3.05, 3.63) is 42.3 Å². The lowest BCUT2D eigenvalue weighted by Gasteiger charge is -2.27. The second-order valence-corrected chi connectivity index (χ2v) is 4.51. The molecule has 1 aromatic carbocycles. The van der Waals surface area contributed by atoms with E-state index in [-0.39, 0.29) is 6.10 Å². The number of hydrogen-bond donors (Lipinski definition) is 1. The molecule has 89 valence electrons. The lowest BCUT2D eigenvalue weighted by molar-refractivity contribution is 0.0889. The molecule has 0 saturated carbocycles. The van der Waals surface area contributed by atoms with Crippen LogP contribution < -0.4 is 0 Å². The van der Waals surface area contributed by atoms with Crippen molar-refractivity contribution in [2.75, 3.05) is 19.6 Å². The van der Waals surface area contributed by atoms with Crippen molar-refractivity contribution in [1.82, 2.24) is 4.90 Å². The van der Waals surface area contributed by atoms with Gasteiger partial charge in [0.25, 0.3) is 0 Å². The van der Waals surface area contributed by atoms with Crippen LogP contribution in [-0.4, -0.2) is 35.7 Å². The van der Waals surface area contributed by atoms with Crippen LogP contribution in [0.25, 0.3) is 0 Å². The quantitative estimate of drug-likeness (QED) is 0.739. The number of likely N-dealkylation sites (tertiary alicyclic amines) is 1. The normalized spacial score (nSPS) is 17.5. The average Bonchev–Trinajstić information content (AvgIpc) is 2.34. The van der Waals surface area contributed by atoms with Crippen LogP contribution in [0.1, 0.15) is 24.0 Å². The van der Waals surface area contributed by atoms with Gasteiger partial charge in [0, 0.05) is 18.7 Å². The number of aliphatic hydroxyl groups is 1. The highest BCUT2D eigenvalue weighted by molar-refractivity contribution is 5.36. The summed E-state index contributed by atoms with van der Waals surface area (Å²) in [6.07, 6.45) is 1.64. The molecule has 0 unspecified atom stereocenters. The second kappa shape index (κ2) is 5.86. The molecule has 2 heteroatoms. The van der Waals surface area contributed by atoms with Crippen molar-refractivity contribution in [3.63, 3.8) is 0 Å². The van der Waals surface area contributed by atoms with Gasteiger partial charge in [0.1, 0.15) is 0 Å². The minimum atomic E-state index is -0.108. The van der Waals surface area contributed by atoms with E-state index in [4.69, 9.17) is 0 Å². The first-order chi connectivity index (χ1) is 8.24. The third-order valence-electron chi connectivity index (χ3n) is 3.05. The van der Waals surface area contributed by atoms with Crippen LogP contribution >= 0.6 is 0 Å².